The number of para-hydroxylation sites is 1. The number of amides is 1. The SMILES string of the molecule is Cc1cc([N+](=O)[O-])ccc1NC(=O)COC(=O)c1ccccc1[N+](=O)[O-]. The summed E-state index contributed by atoms with van der Waals surface area (Å²) < 4.78 is 4.79. The number of non-ortho nitro benzene ring substituents is 1. The zero-order valence-electron chi connectivity index (χ0n) is 13.5. The van der Waals surface area contributed by atoms with Crippen LogP contribution < -0.4 is 5.32 Å². The highest BCUT2D eigenvalue weighted by molar-refractivity contribution is 5.97. The first kappa shape index (κ1) is 18.5. The molecule has 0 saturated carbocycles. The molecule has 134 valence electrons. The van der Waals surface area contributed by atoms with Gasteiger partial charge in [0.25, 0.3) is 17.3 Å². The topological polar surface area (TPSA) is 142 Å². The number of esters is 1. The second-order valence-electron chi connectivity index (χ2n) is 5.15. The van der Waals surface area contributed by atoms with E-state index in [2.05, 4.69) is 5.32 Å². The van der Waals surface area contributed by atoms with Crippen LogP contribution in [0.3, 0.4) is 0 Å². The first-order chi connectivity index (χ1) is 12.3. The van der Waals surface area contributed by atoms with Gasteiger partial charge in [0.2, 0.25) is 0 Å². The lowest BCUT2D eigenvalue weighted by Gasteiger charge is -2.09. The van der Waals surface area contributed by atoms with Crippen LogP contribution in [-0.4, -0.2) is 28.3 Å². The maximum absolute atomic E-state index is 11.9. The number of rotatable bonds is 6. The van der Waals surface area contributed by atoms with Gasteiger partial charge in [-0.15, -0.1) is 0 Å². The Hall–Kier alpha value is -3.82. The summed E-state index contributed by atoms with van der Waals surface area (Å²) in [6.07, 6.45) is 0. The fourth-order valence-electron chi connectivity index (χ4n) is 2.10. The molecule has 26 heavy (non-hydrogen) atoms. The Morgan fingerprint density at radius 1 is 1.08 bits per heavy atom. The van der Waals surface area contributed by atoms with Crippen LogP contribution in [-0.2, 0) is 9.53 Å². The molecular weight excluding hydrogens is 346 g/mol. The monoisotopic (exact) mass is 359 g/mol. The van der Waals surface area contributed by atoms with Crippen LogP contribution in [0.15, 0.2) is 42.5 Å². The van der Waals surface area contributed by atoms with E-state index < -0.39 is 34.0 Å². The maximum Gasteiger partial charge on any atom is 0.345 e. The highest BCUT2D eigenvalue weighted by atomic mass is 16.6. The number of anilines is 1. The van der Waals surface area contributed by atoms with Gasteiger partial charge in [-0.2, -0.15) is 0 Å². The van der Waals surface area contributed by atoms with Crippen molar-refractivity contribution in [3.05, 3.63) is 73.8 Å². The minimum Gasteiger partial charge on any atom is -0.452 e. The Labute approximate surface area is 146 Å². The number of nitro benzene ring substituents is 2. The number of hydrogen-bond acceptors (Lipinski definition) is 7. The fraction of sp³-hybridized carbons (Fsp3) is 0.125. The van der Waals surface area contributed by atoms with Gasteiger partial charge in [0.15, 0.2) is 6.61 Å². The molecule has 1 amide bonds. The predicted octanol–water partition coefficient (Wildman–Crippen LogP) is 2.61. The van der Waals surface area contributed by atoms with Gasteiger partial charge < -0.3 is 10.1 Å². The van der Waals surface area contributed by atoms with Crippen molar-refractivity contribution in [2.45, 2.75) is 6.92 Å². The summed E-state index contributed by atoms with van der Waals surface area (Å²) in [5.41, 5.74) is -0.0378. The van der Waals surface area contributed by atoms with Gasteiger partial charge in [-0.05, 0) is 24.6 Å². The van der Waals surface area contributed by atoms with Gasteiger partial charge in [-0.25, -0.2) is 4.79 Å². The third-order valence-corrected chi connectivity index (χ3v) is 3.35. The van der Waals surface area contributed by atoms with Gasteiger partial charge in [0.05, 0.1) is 9.85 Å². The molecule has 0 atom stereocenters. The lowest BCUT2D eigenvalue weighted by Crippen LogP contribution is -2.21. The second-order valence-corrected chi connectivity index (χ2v) is 5.15. The average Bonchev–Trinajstić information content (AvgIpc) is 2.61. The molecule has 0 bridgehead atoms. The van der Waals surface area contributed by atoms with Crippen LogP contribution >= 0.6 is 0 Å². The van der Waals surface area contributed by atoms with Crippen molar-refractivity contribution in [3.8, 4) is 0 Å². The van der Waals surface area contributed by atoms with Crippen molar-refractivity contribution in [2.24, 2.45) is 0 Å². The number of benzene rings is 2. The Kier molecular flexibility index (Phi) is 5.58. The van der Waals surface area contributed by atoms with Gasteiger partial charge in [-0.3, -0.25) is 25.0 Å². The minimum absolute atomic E-state index is 0.122. The van der Waals surface area contributed by atoms with Crippen molar-refractivity contribution >= 4 is 28.9 Å². The van der Waals surface area contributed by atoms with E-state index in [1.807, 2.05) is 0 Å². The average molecular weight is 359 g/mol. The van der Waals surface area contributed by atoms with Crippen LogP contribution in [0.1, 0.15) is 15.9 Å². The molecule has 0 fully saturated rings. The van der Waals surface area contributed by atoms with E-state index in [1.165, 1.54) is 36.4 Å². The molecule has 10 heteroatoms. The number of ether oxygens (including phenoxy) is 1. The summed E-state index contributed by atoms with van der Waals surface area (Å²) in [7, 11) is 0. The van der Waals surface area contributed by atoms with E-state index in [9.17, 15) is 29.8 Å². The predicted molar refractivity (Wildman–Crippen MR) is 89.8 cm³/mol. The van der Waals surface area contributed by atoms with Crippen molar-refractivity contribution in [2.75, 3.05) is 11.9 Å². The zero-order chi connectivity index (χ0) is 19.3. The van der Waals surface area contributed by atoms with E-state index in [0.717, 1.165) is 6.07 Å². The van der Waals surface area contributed by atoms with Gasteiger partial charge >= 0.3 is 5.97 Å². The summed E-state index contributed by atoms with van der Waals surface area (Å²) in [5, 5.41) is 24.0. The molecule has 0 aliphatic carbocycles. The van der Waals surface area contributed by atoms with Gasteiger partial charge in [-0.1, -0.05) is 12.1 Å². The number of nitro groups is 2. The highest BCUT2D eigenvalue weighted by Gasteiger charge is 2.21. The number of nitrogens with one attached hydrogen (secondary N) is 1. The molecule has 0 aliphatic rings. The van der Waals surface area contributed by atoms with Crippen LogP contribution in [0, 0.1) is 27.2 Å². The van der Waals surface area contributed by atoms with Gasteiger partial charge in [0, 0.05) is 23.9 Å². The summed E-state index contributed by atoms with van der Waals surface area (Å²) >= 11 is 0. The smallest absolute Gasteiger partial charge is 0.345 e. The molecule has 2 rings (SSSR count). The molecule has 0 aliphatic heterocycles. The van der Waals surface area contributed by atoms with Crippen LogP contribution in [0.25, 0.3) is 0 Å². The second kappa shape index (κ2) is 7.83. The lowest BCUT2D eigenvalue weighted by molar-refractivity contribution is -0.385. The van der Waals surface area contributed by atoms with E-state index in [0.29, 0.717) is 11.3 Å². The van der Waals surface area contributed by atoms with Crippen LogP contribution in [0.5, 0.6) is 0 Å². The van der Waals surface area contributed by atoms with Crippen molar-refractivity contribution in [1.29, 1.82) is 0 Å². The van der Waals surface area contributed by atoms with Crippen LogP contribution in [0.2, 0.25) is 0 Å². The standard InChI is InChI=1S/C16H13N3O7/c1-10-8-11(18(22)23)6-7-13(10)17-15(20)9-26-16(21)12-4-2-3-5-14(12)19(24)25/h2-8H,9H2,1H3,(H,17,20). The number of carbonyl (C=O) groups excluding carboxylic acids is 2. The van der Waals surface area contributed by atoms with Crippen molar-refractivity contribution < 1.29 is 24.2 Å². The number of carbonyl (C=O) groups is 2. The summed E-state index contributed by atoms with van der Waals surface area (Å²) in [6.45, 7) is 0.906. The number of hydrogen-bond donors (Lipinski definition) is 1. The van der Waals surface area contributed by atoms with Gasteiger partial charge in [0.1, 0.15) is 5.56 Å². The summed E-state index contributed by atoms with van der Waals surface area (Å²) in [6, 6.07) is 9.07. The Morgan fingerprint density at radius 3 is 2.38 bits per heavy atom. The molecule has 0 spiro atoms. The lowest BCUT2D eigenvalue weighted by atomic mass is 10.2. The third kappa shape index (κ3) is 4.38. The molecule has 10 nitrogen and oxygen atoms in total. The first-order valence-corrected chi connectivity index (χ1v) is 7.25. The van der Waals surface area contributed by atoms with E-state index in [1.54, 1.807) is 6.92 Å². The number of aryl methyl sites for hydroxylation is 1. The molecule has 0 aromatic heterocycles. The van der Waals surface area contributed by atoms with Crippen molar-refractivity contribution in [3.63, 3.8) is 0 Å². The number of nitrogens with zero attached hydrogens (tertiary/aromatic N) is 2. The first-order valence-electron chi connectivity index (χ1n) is 7.25. The molecular formula is C16H13N3O7. The zero-order valence-corrected chi connectivity index (χ0v) is 13.5. The highest BCUT2D eigenvalue weighted by Crippen LogP contribution is 2.21. The Morgan fingerprint density at radius 2 is 1.77 bits per heavy atom. The Bertz CT molecular complexity index is 895. The summed E-state index contributed by atoms with van der Waals surface area (Å²) in [4.78, 5) is 44.1. The fourth-order valence-corrected chi connectivity index (χ4v) is 2.10. The molecule has 0 unspecified atom stereocenters. The van der Waals surface area contributed by atoms with E-state index in [-0.39, 0.29) is 11.3 Å². The largest absolute Gasteiger partial charge is 0.452 e. The quantitative estimate of drug-likeness (QED) is 0.474. The maximum atomic E-state index is 11.9. The van der Waals surface area contributed by atoms with Crippen molar-refractivity contribution in [1.82, 2.24) is 0 Å². The molecule has 1 N–H and O–H groups in total. The Balaban J connectivity index is 2.00. The summed E-state index contributed by atoms with van der Waals surface area (Å²) in [5.74, 6) is -1.69. The molecule has 0 heterocycles. The molecule has 2 aromatic rings. The normalized spacial score (nSPS) is 10.0. The van der Waals surface area contributed by atoms with E-state index >= 15 is 0 Å². The van der Waals surface area contributed by atoms with Crippen LogP contribution in [0.4, 0.5) is 17.1 Å². The molecule has 0 radical (unpaired) electrons. The minimum atomic E-state index is -1.01. The van der Waals surface area contributed by atoms with E-state index in [4.69, 9.17) is 4.74 Å². The molecule has 2 aromatic carbocycles. The third-order valence-electron chi connectivity index (χ3n) is 3.35. The molecule has 0 saturated heterocycles.